The summed E-state index contributed by atoms with van der Waals surface area (Å²) in [5.41, 5.74) is 1.44. The number of benzene rings is 2. The zero-order chi connectivity index (χ0) is 18.4. The van der Waals surface area contributed by atoms with Gasteiger partial charge in [0.15, 0.2) is 0 Å². The van der Waals surface area contributed by atoms with E-state index in [0.29, 0.717) is 11.3 Å². The molecule has 0 heterocycles. The van der Waals surface area contributed by atoms with Gasteiger partial charge in [-0.1, -0.05) is 42.5 Å². The van der Waals surface area contributed by atoms with Crippen molar-refractivity contribution in [3.05, 3.63) is 71.6 Å². The minimum atomic E-state index is -1.40. The summed E-state index contributed by atoms with van der Waals surface area (Å²) >= 11 is 0. The molecule has 0 spiro atoms. The fourth-order valence-electron chi connectivity index (χ4n) is 2.16. The normalized spacial score (nSPS) is 14.8. The van der Waals surface area contributed by atoms with Crippen LogP contribution in [0.5, 0.6) is 5.75 Å². The molecule has 0 saturated heterocycles. The van der Waals surface area contributed by atoms with Crippen LogP contribution in [-0.4, -0.2) is 16.1 Å². The van der Waals surface area contributed by atoms with Crippen molar-refractivity contribution >= 4 is 17.1 Å². The van der Waals surface area contributed by atoms with Crippen LogP contribution in [0.4, 0.5) is 4.39 Å². The van der Waals surface area contributed by atoms with Gasteiger partial charge in [-0.2, -0.15) is 0 Å². The van der Waals surface area contributed by atoms with Crippen molar-refractivity contribution in [2.24, 2.45) is 0 Å². The maximum absolute atomic E-state index is 15.0. The van der Waals surface area contributed by atoms with Crippen LogP contribution in [-0.2, 0) is 11.0 Å². The molecule has 2 atom stereocenters. The third-order valence-electron chi connectivity index (χ3n) is 3.61. The molecular formula is C20H24FNO2S. The highest BCUT2D eigenvalue weighted by Crippen LogP contribution is 2.27. The van der Waals surface area contributed by atoms with Crippen LogP contribution in [0.15, 0.2) is 60.4 Å². The number of halogens is 1. The Morgan fingerprint density at radius 3 is 2.24 bits per heavy atom. The van der Waals surface area contributed by atoms with Gasteiger partial charge in [-0.3, -0.25) is 0 Å². The van der Waals surface area contributed by atoms with Crippen molar-refractivity contribution in [3.8, 4) is 5.75 Å². The SMILES string of the molecule is COc1ccc(/C=C(\F)[C@H](NS(=O)C(C)(C)C)c2ccccc2)cc1. The summed E-state index contributed by atoms with van der Waals surface area (Å²) in [5.74, 6) is 0.318. The zero-order valence-corrected chi connectivity index (χ0v) is 15.8. The molecular weight excluding hydrogens is 337 g/mol. The lowest BCUT2D eigenvalue weighted by Crippen LogP contribution is -2.36. The smallest absolute Gasteiger partial charge is 0.123 e. The van der Waals surface area contributed by atoms with Gasteiger partial charge in [0.25, 0.3) is 0 Å². The molecule has 2 rings (SSSR count). The molecule has 5 heteroatoms. The molecule has 134 valence electrons. The Morgan fingerprint density at radius 2 is 1.72 bits per heavy atom. The molecule has 0 fully saturated rings. The average Bonchev–Trinajstić information content (AvgIpc) is 2.60. The maximum Gasteiger partial charge on any atom is 0.123 e. The highest BCUT2D eigenvalue weighted by atomic mass is 32.2. The topological polar surface area (TPSA) is 38.3 Å². The van der Waals surface area contributed by atoms with E-state index >= 15 is 4.39 Å². The first-order valence-corrected chi connectivity index (χ1v) is 9.20. The van der Waals surface area contributed by atoms with E-state index in [9.17, 15) is 4.21 Å². The molecule has 3 nitrogen and oxygen atoms in total. The monoisotopic (exact) mass is 361 g/mol. The Hall–Kier alpha value is -1.98. The summed E-state index contributed by atoms with van der Waals surface area (Å²) in [5, 5.41) is 0. The van der Waals surface area contributed by atoms with E-state index in [1.807, 2.05) is 51.1 Å². The summed E-state index contributed by atoms with van der Waals surface area (Å²) in [7, 11) is 0.184. The quantitative estimate of drug-likeness (QED) is 0.803. The van der Waals surface area contributed by atoms with Crippen LogP contribution in [0.2, 0.25) is 0 Å². The van der Waals surface area contributed by atoms with Gasteiger partial charge in [0.2, 0.25) is 0 Å². The Bertz CT molecular complexity index is 737. The lowest BCUT2D eigenvalue weighted by atomic mass is 10.0. The molecule has 1 N–H and O–H groups in total. The maximum atomic E-state index is 15.0. The average molecular weight is 361 g/mol. The molecule has 0 aromatic heterocycles. The lowest BCUT2D eigenvalue weighted by molar-refractivity contribution is 0.415. The number of methoxy groups -OCH3 is 1. The van der Waals surface area contributed by atoms with Crippen molar-refractivity contribution in [2.75, 3.05) is 7.11 Å². The van der Waals surface area contributed by atoms with Gasteiger partial charge in [0.1, 0.15) is 11.6 Å². The highest BCUT2D eigenvalue weighted by molar-refractivity contribution is 7.84. The Kier molecular flexibility index (Phi) is 6.51. The predicted molar refractivity (Wildman–Crippen MR) is 102 cm³/mol. The second-order valence-electron chi connectivity index (χ2n) is 6.65. The summed E-state index contributed by atoms with van der Waals surface area (Å²) in [6, 6.07) is 15.5. The molecule has 1 unspecified atom stereocenters. The van der Waals surface area contributed by atoms with E-state index in [4.69, 9.17) is 4.74 Å². The summed E-state index contributed by atoms with van der Waals surface area (Å²) in [6.45, 7) is 5.55. The molecule has 0 aliphatic rings. The first-order chi connectivity index (χ1) is 11.8. The van der Waals surface area contributed by atoms with Crippen molar-refractivity contribution in [1.29, 1.82) is 0 Å². The van der Waals surface area contributed by atoms with E-state index in [0.717, 1.165) is 5.56 Å². The number of rotatable bonds is 6. The van der Waals surface area contributed by atoms with E-state index in [2.05, 4.69) is 4.72 Å². The van der Waals surface area contributed by atoms with Crippen molar-refractivity contribution in [3.63, 3.8) is 0 Å². The van der Waals surface area contributed by atoms with Gasteiger partial charge in [-0.25, -0.2) is 13.3 Å². The molecule has 0 bridgehead atoms. The summed E-state index contributed by atoms with van der Waals surface area (Å²) < 4.78 is 35.0. The van der Waals surface area contributed by atoms with Gasteiger partial charge >= 0.3 is 0 Å². The van der Waals surface area contributed by atoms with Gasteiger partial charge in [0.05, 0.1) is 28.9 Å². The summed E-state index contributed by atoms with van der Waals surface area (Å²) in [6.07, 6.45) is 1.45. The van der Waals surface area contributed by atoms with E-state index in [1.54, 1.807) is 31.4 Å². The molecule has 2 aromatic carbocycles. The van der Waals surface area contributed by atoms with Gasteiger partial charge in [-0.05, 0) is 50.1 Å². The molecule has 2 aromatic rings. The molecule has 0 aliphatic heterocycles. The predicted octanol–water partition coefficient (Wildman–Crippen LogP) is 4.80. The Balaban J connectivity index is 2.33. The van der Waals surface area contributed by atoms with Crippen LogP contribution in [0.25, 0.3) is 6.08 Å². The van der Waals surface area contributed by atoms with Crippen LogP contribution in [0, 0.1) is 0 Å². The standard InChI is InChI=1S/C20H24FNO2S/c1-20(2,3)25(23)22-19(16-8-6-5-7-9-16)18(21)14-15-10-12-17(24-4)13-11-15/h5-14,19,22H,1-4H3/b18-14-/t19-,25?/m1/s1. The van der Waals surface area contributed by atoms with Crippen molar-refractivity contribution in [1.82, 2.24) is 4.72 Å². The third kappa shape index (κ3) is 5.51. The van der Waals surface area contributed by atoms with Gasteiger partial charge in [0, 0.05) is 0 Å². The fraction of sp³-hybridized carbons (Fsp3) is 0.300. The van der Waals surface area contributed by atoms with Gasteiger partial charge in [-0.15, -0.1) is 0 Å². The molecule has 0 amide bonds. The van der Waals surface area contributed by atoms with Crippen molar-refractivity contribution in [2.45, 2.75) is 31.6 Å². The highest BCUT2D eigenvalue weighted by Gasteiger charge is 2.26. The van der Waals surface area contributed by atoms with Crippen LogP contribution < -0.4 is 9.46 Å². The first-order valence-electron chi connectivity index (χ1n) is 8.05. The second-order valence-corrected chi connectivity index (χ2v) is 8.64. The molecule has 0 radical (unpaired) electrons. The summed E-state index contributed by atoms with van der Waals surface area (Å²) in [4.78, 5) is 0. The minimum absolute atomic E-state index is 0.394. The number of nitrogens with one attached hydrogen (secondary N) is 1. The lowest BCUT2D eigenvalue weighted by Gasteiger charge is -2.24. The van der Waals surface area contributed by atoms with Crippen LogP contribution >= 0.6 is 0 Å². The third-order valence-corrected chi connectivity index (χ3v) is 5.17. The molecule has 25 heavy (non-hydrogen) atoms. The van der Waals surface area contributed by atoms with E-state index in [-0.39, 0.29) is 0 Å². The Morgan fingerprint density at radius 1 is 1.12 bits per heavy atom. The van der Waals surface area contributed by atoms with E-state index in [1.165, 1.54) is 6.08 Å². The van der Waals surface area contributed by atoms with Crippen LogP contribution in [0.1, 0.15) is 37.9 Å². The van der Waals surface area contributed by atoms with Gasteiger partial charge < -0.3 is 4.74 Å². The minimum Gasteiger partial charge on any atom is -0.497 e. The Labute approximate surface area is 151 Å². The number of hydrogen-bond donors (Lipinski definition) is 1. The second kappa shape index (κ2) is 8.41. The first kappa shape index (κ1) is 19.3. The largest absolute Gasteiger partial charge is 0.497 e. The van der Waals surface area contributed by atoms with Crippen molar-refractivity contribution < 1.29 is 13.3 Å². The number of hydrogen-bond acceptors (Lipinski definition) is 2. The molecule has 0 aliphatic carbocycles. The number of ether oxygens (including phenoxy) is 1. The fourth-order valence-corrected chi connectivity index (χ4v) is 2.97. The van der Waals surface area contributed by atoms with Crippen LogP contribution in [0.3, 0.4) is 0 Å². The zero-order valence-electron chi connectivity index (χ0n) is 15.0. The molecule has 0 saturated carbocycles. The van der Waals surface area contributed by atoms with E-state index < -0.39 is 27.6 Å².